The van der Waals surface area contributed by atoms with Crippen molar-refractivity contribution >= 4 is 116 Å². The number of ketones is 2. The third-order valence-corrected chi connectivity index (χ3v) is 31.1. The SMILES string of the molecule is C.C.CC(C)c1nc(CN(C)C(=O)NC(CCC(CCC(Cc2ccccc2)NC(=O)OCc2cncs2)Cc2ccccc2)C(C)C)cs1.CC(C)c1nc(CN(C)C(=O)NC(CCN)C(=O)CC(CCC(Cc2ccccc2)NC(=O)OCc2cncs2)Cc2ccccc2)cs1.CNCCC(NC(=O)N(C)Cc1csc(C(C)C)n1)C(=O)CC(CCC(Cc1ccccc1)NC(=O)OCc1cncs1)Cc1ccccc1. The molecule has 6 aromatic heterocycles. The Labute approximate surface area is 907 Å². The summed E-state index contributed by atoms with van der Waals surface area (Å²) in [7, 11) is 7.10. The van der Waals surface area contributed by atoms with Gasteiger partial charge in [-0.3, -0.25) is 24.5 Å². The highest BCUT2D eigenvalue weighted by Crippen LogP contribution is 2.31. The van der Waals surface area contributed by atoms with Crippen LogP contribution in [0.15, 0.2) is 233 Å². The summed E-state index contributed by atoms with van der Waals surface area (Å²) in [6.07, 6.45) is 15.7. The van der Waals surface area contributed by atoms with Crippen LogP contribution in [-0.4, -0.2) is 170 Å². The number of hydrogen-bond donors (Lipinski definition) is 8. The molecule has 12 rings (SSSR count). The Morgan fingerprint density at radius 1 is 0.342 bits per heavy atom. The number of aromatic nitrogens is 6. The Morgan fingerprint density at radius 3 is 0.899 bits per heavy atom. The minimum Gasteiger partial charge on any atom is -0.444 e. The van der Waals surface area contributed by atoms with Crippen molar-refractivity contribution in [2.24, 2.45) is 29.4 Å². The Morgan fingerprint density at radius 2 is 0.624 bits per heavy atom. The fraction of sp³-hybridized carbons (Fsp3) is 0.461. The predicted octanol–water partition coefficient (Wildman–Crippen LogP) is 23.8. The Hall–Kier alpha value is -12.0. The Bertz CT molecular complexity index is 5760. The van der Waals surface area contributed by atoms with Gasteiger partial charge < -0.3 is 71.9 Å². The predicted molar refractivity (Wildman–Crippen MR) is 606 cm³/mol. The molecule has 34 heteroatoms. The fourth-order valence-corrected chi connectivity index (χ4v) is 21.0. The standard InChI is InChI=1S/C38H50N6O4S2.C38H51N5O3S2.C37H48N6O4S2.2CH4/c1-27(2)36-41-32(25-49-36)23-44(4)37(46)43-34(17-18-39-3)35(45)21-30(19-28-11-7-5-8-12-28)15-16-31(20-29-13-9-6-10-14-29)42-38(47)48-24-33-22-40-26-50-33;1-27(2)35(42-37(44)43(5)23-33-25-47-36(40-33)28(3)4)19-17-31(20-29-12-8-6-9-13-29)16-18-32(21-30-14-10-7-11-15-30)41-38(45)46-24-34-22-39-26-48-34;1-26(2)35-40-31(24-48-35)22-43(3)36(45)42-33(16-17-38)34(44)20-29(18-27-10-6-4-7-11-27)14-15-30(19-28-12-8-5-9-13-28)41-37(46)47-23-32-21-39-25-49-32;;/h5-14,22,25-27,30-31,34,39H,15-21,23-24H2,1-4H3,(H,42,47)(H,43,46);6-15,22,25-28,31-32,35H,16-21,23-24H2,1-5H3,(H,41,45)(H,42,44);4-13,21,24-26,29-30,33H,14-20,22-23,38H2,1-3H3,(H,41,46)(H,42,45);2*1H4. The van der Waals surface area contributed by atoms with E-state index >= 15 is 0 Å². The molecule has 6 aromatic carbocycles. The van der Waals surface area contributed by atoms with Crippen molar-refractivity contribution in [3.8, 4) is 0 Å². The maximum atomic E-state index is 14.0. The van der Waals surface area contributed by atoms with Crippen molar-refractivity contribution in [1.82, 2.24) is 81.8 Å². The molecule has 0 radical (unpaired) electrons. The average Bonchev–Trinajstić information content (AvgIpc) is 1.75. The molecule has 12 aromatic rings. The average molecular weight is 2150 g/mol. The molecule has 9 N–H and O–H groups in total. The highest BCUT2D eigenvalue weighted by Gasteiger charge is 2.32. The third-order valence-electron chi connectivity index (χ3n) is 25.2. The molecule has 6 heterocycles. The summed E-state index contributed by atoms with van der Waals surface area (Å²) in [6, 6.07) is 58.6. The Kier molecular flexibility index (Phi) is 55.1. The van der Waals surface area contributed by atoms with Gasteiger partial charge in [0.15, 0.2) is 11.6 Å². The van der Waals surface area contributed by atoms with E-state index in [1.165, 1.54) is 45.1 Å². The van der Waals surface area contributed by atoms with Crippen LogP contribution in [-0.2, 0) is 102 Å². The van der Waals surface area contributed by atoms with Gasteiger partial charge >= 0.3 is 36.4 Å². The summed E-state index contributed by atoms with van der Waals surface area (Å²) in [5.74, 6) is 1.60. The molecule has 0 fully saturated rings. The number of nitrogens with two attached hydrogens (primary N) is 1. The first-order valence-electron chi connectivity index (χ1n) is 51.0. The van der Waals surface area contributed by atoms with E-state index in [2.05, 4.69) is 178 Å². The lowest BCUT2D eigenvalue weighted by Crippen LogP contribution is -2.47. The molecule has 0 spiro atoms. The molecule has 0 aliphatic carbocycles. The van der Waals surface area contributed by atoms with Crippen LogP contribution in [0.2, 0.25) is 0 Å². The van der Waals surface area contributed by atoms with Crippen molar-refractivity contribution in [2.45, 2.75) is 279 Å². The van der Waals surface area contributed by atoms with Gasteiger partial charge in [-0.1, -0.05) is 252 Å². The normalized spacial score (nSPS) is 12.9. The van der Waals surface area contributed by atoms with E-state index in [9.17, 15) is 38.4 Å². The maximum Gasteiger partial charge on any atom is 0.407 e. The maximum absolute atomic E-state index is 14.0. The summed E-state index contributed by atoms with van der Waals surface area (Å²) in [5.41, 5.74) is 20.6. The van der Waals surface area contributed by atoms with Gasteiger partial charge in [0.2, 0.25) is 0 Å². The summed E-state index contributed by atoms with van der Waals surface area (Å²) in [6.45, 7) is 19.6. The zero-order valence-electron chi connectivity index (χ0n) is 86.9. The van der Waals surface area contributed by atoms with Crippen molar-refractivity contribution in [3.05, 3.63) is 313 Å². The largest absolute Gasteiger partial charge is 0.444 e. The van der Waals surface area contributed by atoms with Gasteiger partial charge in [0.05, 0.1) is 95.0 Å². The smallest absolute Gasteiger partial charge is 0.407 e. The van der Waals surface area contributed by atoms with Crippen LogP contribution in [0.25, 0.3) is 0 Å². The van der Waals surface area contributed by atoms with Crippen molar-refractivity contribution in [2.75, 3.05) is 41.3 Å². The lowest BCUT2D eigenvalue weighted by molar-refractivity contribution is -0.122. The number of ether oxygens (including phenoxy) is 3. The number of nitrogens with one attached hydrogen (secondary N) is 7. The second kappa shape index (κ2) is 67.2. The quantitative estimate of drug-likeness (QED) is 0.0164. The van der Waals surface area contributed by atoms with Gasteiger partial charge in [-0.05, 0) is 180 Å². The van der Waals surface area contributed by atoms with Crippen LogP contribution < -0.4 is 43.0 Å². The molecule has 0 aliphatic heterocycles. The van der Waals surface area contributed by atoms with Gasteiger partial charge in [0, 0.05) is 111 Å². The summed E-state index contributed by atoms with van der Waals surface area (Å²) in [4.78, 5) is 140. The zero-order valence-corrected chi connectivity index (χ0v) is 91.8. The van der Waals surface area contributed by atoms with Crippen LogP contribution in [0, 0.1) is 23.7 Å². The number of rotatable bonds is 57. The molecule has 9 atom stereocenters. The van der Waals surface area contributed by atoms with Gasteiger partial charge in [-0.15, -0.1) is 68.0 Å². The number of carbonyl (C=O) groups is 8. The van der Waals surface area contributed by atoms with Gasteiger partial charge in [0.25, 0.3) is 0 Å². The minimum absolute atomic E-state index is 0. The van der Waals surface area contributed by atoms with Crippen LogP contribution >= 0.6 is 68.0 Å². The lowest BCUT2D eigenvalue weighted by Gasteiger charge is -2.28. The number of nitrogens with zero attached hydrogens (tertiary/aromatic N) is 9. The van der Waals surface area contributed by atoms with Crippen LogP contribution in [0.1, 0.15) is 245 Å². The van der Waals surface area contributed by atoms with E-state index in [1.807, 2.05) is 152 Å². The first kappa shape index (κ1) is 122. The fourth-order valence-electron chi connectivity index (χ4n) is 17.0. The van der Waals surface area contributed by atoms with E-state index in [1.54, 1.807) is 97.9 Å². The number of thiazole rings is 6. The van der Waals surface area contributed by atoms with Gasteiger partial charge in [0.1, 0.15) is 19.8 Å². The Balaban J connectivity index is 0.000000270. The monoisotopic (exact) mass is 2140 g/mol. The van der Waals surface area contributed by atoms with E-state index < -0.39 is 30.4 Å². The van der Waals surface area contributed by atoms with Crippen LogP contribution in [0.3, 0.4) is 0 Å². The van der Waals surface area contributed by atoms with Crippen molar-refractivity contribution in [3.63, 3.8) is 0 Å². The van der Waals surface area contributed by atoms with E-state index in [-0.39, 0.29) is 119 Å². The number of alkyl carbamates (subject to hydrolysis) is 3. The minimum atomic E-state index is -0.708. The molecular weight excluding hydrogens is 1990 g/mol. The van der Waals surface area contributed by atoms with Crippen LogP contribution in [0.4, 0.5) is 28.8 Å². The molecule has 0 bridgehead atoms. The molecule has 0 saturated heterocycles. The molecule has 9 amide bonds. The van der Waals surface area contributed by atoms with Crippen molar-refractivity contribution < 1.29 is 52.6 Å². The second-order valence-corrected chi connectivity index (χ2v) is 44.5. The summed E-state index contributed by atoms with van der Waals surface area (Å²) >= 11 is 9.17. The van der Waals surface area contributed by atoms with Gasteiger partial charge in [-0.2, -0.15) is 0 Å². The summed E-state index contributed by atoms with van der Waals surface area (Å²) < 4.78 is 16.5. The molecule has 149 heavy (non-hydrogen) atoms. The first-order valence-corrected chi connectivity index (χ1v) is 56.3. The highest BCUT2D eigenvalue weighted by molar-refractivity contribution is 7.11. The van der Waals surface area contributed by atoms with Crippen molar-refractivity contribution in [1.29, 1.82) is 0 Å². The zero-order chi connectivity index (χ0) is 105. The molecule has 9 unspecified atom stereocenters. The number of carbonyl (C=O) groups excluding carboxylic acids is 8. The van der Waals surface area contributed by atoms with Crippen LogP contribution in [0.5, 0.6) is 0 Å². The molecular formula is C115H157N17O11S6. The number of urea groups is 3. The topological polar surface area (TPSA) is 362 Å². The third kappa shape index (κ3) is 46.2. The molecule has 0 saturated carbocycles. The van der Waals surface area contributed by atoms with E-state index in [0.717, 1.165) is 108 Å². The summed E-state index contributed by atoms with van der Waals surface area (Å²) in [5, 5.41) is 30.9. The second-order valence-electron chi connectivity index (χ2n) is 38.9. The molecule has 804 valence electrons. The van der Waals surface area contributed by atoms with Gasteiger partial charge in [-0.25, -0.2) is 43.7 Å². The van der Waals surface area contributed by atoms with E-state index in [4.69, 9.17) is 24.9 Å². The van der Waals surface area contributed by atoms with E-state index in [0.29, 0.717) is 120 Å². The highest BCUT2D eigenvalue weighted by atomic mass is 32.1. The number of benzene rings is 6. The molecule has 0 aliphatic rings. The number of hydrogen-bond acceptors (Lipinski definition) is 25. The number of Topliss-reactive ketones (excluding diaryl/α,β-unsaturated/α-hetero) is 2. The number of amides is 9. The lowest BCUT2D eigenvalue weighted by atomic mass is 9.85. The first-order chi connectivity index (χ1) is 71.0. The molecule has 28 nitrogen and oxygen atoms in total.